The number of fused-ring (bicyclic) bond motifs is 1. The van der Waals surface area contributed by atoms with Crippen LogP contribution in [0.3, 0.4) is 0 Å². The van der Waals surface area contributed by atoms with Gasteiger partial charge in [0.15, 0.2) is 0 Å². The van der Waals surface area contributed by atoms with Crippen LogP contribution in [-0.4, -0.2) is 28.8 Å². The molecular weight excluding hydrogens is 260 g/mol. The molecule has 0 amide bonds. The predicted molar refractivity (Wildman–Crippen MR) is 76.3 cm³/mol. The number of aliphatic hydroxyl groups is 1. The largest absolute Gasteiger partial charge is 0.485 e. The van der Waals surface area contributed by atoms with Crippen molar-refractivity contribution in [1.29, 1.82) is 5.26 Å². The molecule has 0 aliphatic carbocycles. The zero-order chi connectivity index (χ0) is 14.2. The Hall–Kier alpha value is -1.64. The number of aliphatic hydroxyl groups excluding tert-OH is 1. The van der Waals surface area contributed by atoms with Gasteiger partial charge in [-0.2, -0.15) is 5.26 Å². The fourth-order valence-electron chi connectivity index (χ4n) is 2.31. The summed E-state index contributed by atoms with van der Waals surface area (Å²) >= 11 is 5.30. The topological polar surface area (TPSA) is 65.3 Å². The molecule has 0 aromatic heterocycles. The summed E-state index contributed by atoms with van der Waals surface area (Å²) in [5, 5.41) is 22.4. The molecule has 0 unspecified atom stereocenters. The van der Waals surface area contributed by atoms with Crippen LogP contribution in [0.15, 0.2) is 18.2 Å². The second kappa shape index (κ2) is 4.80. The fourth-order valence-corrected chi connectivity index (χ4v) is 2.57. The normalized spacial score (nSPS) is 23.7. The number of benzene rings is 1. The summed E-state index contributed by atoms with van der Waals surface area (Å²) in [6.45, 7) is 3.65. The molecule has 1 aromatic carbocycles. The van der Waals surface area contributed by atoms with Gasteiger partial charge < -0.3 is 15.2 Å². The Balaban J connectivity index is 2.59. The highest BCUT2D eigenvalue weighted by atomic mass is 32.1. The Labute approximate surface area is 118 Å². The molecule has 1 aromatic rings. The molecule has 19 heavy (non-hydrogen) atoms. The third-order valence-electron chi connectivity index (χ3n) is 3.40. The predicted octanol–water partition coefficient (Wildman–Crippen LogP) is 1.72. The smallest absolute Gasteiger partial charge is 0.130 e. The lowest BCUT2D eigenvalue weighted by Gasteiger charge is -2.42. The summed E-state index contributed by atoms with van der Waals surface area (Å²) in [6, 6.07) is 7.27. The van der Waals surface area contributed by atoms with E-state index in [9.17, 15) is 5.11 Å². The number of rotatable bonds is 1. The third-order valence-corrected chi connectivity index (χ3v) is 3.86. The second-order valence-corrected chi connectivity index (χ2v) is 5.55. The maximum absolute atomic E-state index is 10.5. The summed E-state index contributed by atoms with van der Waals surface area (Å²) in [5.74, 6) is 0.295. The molecule has 0 bridgehead atoms. The van der Waals surface area contributed by atoms with Crippen molar-refractivity contribution in [1.82, 2.24) is 5.32 Å². The summed E-state index contributed by atoms with van der Waals surface area (Å²) in [6.07, 6.45) is -0.770. The zero-order valence-electron chi connectivity index (χ0n) is 11.1. The zero-order valence-corrected chi connectivity index (χ0v) is 11.9. The Morgan fingerprint density at radius 3 is 2.79 bits per heavy atom. The molecule has 0 spiro atoms. The molecule has 0 radical (unpaired) electrons. The number of hydrogen-bond acceptors (Lipinski definition) is 4. The van der Waals surface area contributed by atoms with Gasteiger partial charge in [-0.15, -0.1) is 0 Å². The molecule has 2 N–H and O–H groups in total. The van der Waals surface area contributed by atoms with Crippen molar-refractivity contribution in [2.24, 2.45) is 0 Å². The number of nitrogens with zero attached hydrogens (tertiary/aromatic N) is 1. The van der Waals surface area contributed by atoms with Gasteiger partial charge in [0.05, 0.1) is 22.5 Å². The first kappa shape index (κ1) is 13.8. The van der Waals surface area contributed by atoms with Gasteiger partial charge in [0.2, 0.25) is 0 Å². The van der Waals surface area contributed by atoms with Gasteiger partial charge in [-0.3, -0.25) is 0 Å². The standard InChI is InChI=1S/C14H16N2O2S/c1-14(2)12(17)11(13(19)16-3)9-6-8(7-15)4-5-10(9)18-14/h4-6,11-12,17H,1-3H3,(H,16,19)/t11-,12+/m1/s1. The van der Waals surface area contributed by atoms with Crippen molar-refractivity contribution >= 4 is 17.2 Å². The van der Waals surface area contributed by atoms with E-state index in [1.807, 2.05) is 13.8 Å². The molecule has 0 saturated carbocycles. The highest BCUT2D eigenvalue weighted by Gasteiger charge is 2.44. The van der Waals surface area contributed by atoms with Gasteiger partial charge >= 0.3 is 0 Å². The van der Waals surface area contributed by atoms with Crippen LogP contribution in [0.2, 0.25) is 0 Å². The molecule has 1 aliphatic heterocycles. The Morgan fingerprint density at radius 2 is 2.21 bits per heavy atom. The van der Waals surface area contributed by atoms with Crippen LogP contribution in [0.5, 0.6) is 5.75 Å². The lowest BCUT2D eigenvalue weighted by atomic mass is 9.81. The van der Waals surface area contributed by atoms with E-state index in [2.05, 4.69) is 11.4 Å². The molecule has 4 nitrogen and oxygen atoms in total. The van der Waals surface area contributed by atoms with E-state index in [0.717, 1.165) is 5.56 Å². The van der Waals surface area contributed by atoms with Crippen molar-refractivity contribution in [3.63, 3.8) is 0 Å². The van der Waals surface area contributed by atoms with Crippen LogP contribution >= 0.6 is 12.2 Å². The molecule has 1 aliphatic rings. The van der Waals surface area contributed by atoms with E-state index >= 15 is 0 Å². The number of hydrogen-bond donors (Lipinski definition) is 2. The van der Waals surface area contributed by atoms with E-state index in [1.54, 1.807) is 25.2 Å². The van der Waals surface area contributed by atoms with E-state index in [4.69, 9.17) is 22.2 Å². The van der Waals surface area contributed by atoms with Crippen LogP contribution in [0.25, 0.3) is 0 Å². The van der Waals surface area contributed by atoms with Crippen LogP contribution < -0.4 is 10.1 Å². The first-order chi connectivity index (χ1) is 8.90. The number of ether oxygens (including phenoxy) is 1. The molecule has 100 valence electrons. The van der Waals surface area contributed by atoms with Gasteiger partial charge in [-0.1, -0.05) is 12.2 Å². The van der Waals surface area contributed by atoms with Gasteiger partial charge in [-0.25, -0.2) is 0 Å². The van der Waals surface area contributed by atoms with Crippen molar-refractivity contribution in [2.75, 3.05) is 7.05 Å². The van der Waals surface area contributed by atoms with Crippen LogP contribution in [0.4, 0.5) is 0 Å². The Kier molecular flexibility index (Phi) is 3.48. The summed E-state index contributed by atoms with van der Waals surface area (Å²) in [4.78, 5) is 0.542. The minimum atomic E-state index is -0.770. The molecule has 0 fully saturated rings. The van der Waals surface area contributed by atoms with E-state index < -0.39 is 11.7 Å². The quantitative estimate of drug-likeness (QED) is 0.765. The lowest BCUT2D eigenvalue weighted by Crippen LogP contribution is -2.52. The number of thiocarbonyl (C=S) groups is 1. The maximum Gasteiger partial charge on any atom is 0.130 e. The van der Waals surface area contributed by atoms with Crippen LogP contribution in [0, 0.1) is 11.3 Å². The van der Waals surface area contributed by atoms with Crippen LogP contribution in [0.1, 0.15) is 30.9 Å². The molecule has 1 heterocycles. The average Bonchev–Trinajstić information content (AvgIpc) is 2.38. The third kappa shape index (κ3) is 2.29. The molecular formula is C14H16N2O2S. The number of nitriles is 1. The molecule has 5 heteroatoms. The van der Waals surface area contributed by atoms with E-state index in [0.29, 0.717) is 16.3 Å². The monoisotopic (exact) mass is 276 g/mol. The van der Waals surface area contributed by atoms with Gasteiger partial charge in [0, 0.05) is 12.6 Å². The second-order valence-electron chi connectivity index (χ2n) is 5.11. The first-order valence-corrected chi connectivity index (χ1v) is 6.44. The van der Waals surface area contributed by atoms with Gasteiger partial charge in [-0.05, 0) is 32.0 Å². The SMILES string of the molecule is CNC(=S)[C@@H]1c2cc(C#N)ccc2OC(C)(C)[C@H]1O. The summed E-state index contributed by atoms with van der Waals surface area (Å²) in [7, 11) is 1.73. The molecule has 0 saturated heterocycles. The summed E-state index contributed by atoms with van der Waals surface area (Å²) < 4.78 is 5.81. The minimum Gasteiger partial charge on any atom is -0.485 e. The highest BCUT2D eigenvalue weighted by Crippen LogP contribution is 2.41. The van der Waals surface area contributed by atoms with E-state index in [1.165, 1.54) is 0 Å². The number of likely N-dealkylation sites (N-methyl/N-ethyl adjacent to an activating group) is 1. The highest BCUT2D eigenvalue weighted by molar-refractivity contribution is 7.80. The van der Waals surface area contributed by atoms with E-state index in [-0.39, 0.29) is 5.92 Å². The summed E-state index contributed by atoms with van der Waals surface area (Å²) in [5.41, 5.74) is 0.551. The lowest BCUT2D eigenvalue weighted by molar-refractivity contribution is -0.0467. The molecule has 2 rings (SSSR count). The fraction of sp³-hybridized carbons (Fsp3) is 0.429. The van der Waals surface area contributed by atoms with Crippen molar-refractivity contribution in [2.45, 2.75) is 31.5 Å². The average molecular weight is 276 g/mol. The van der Waals surface area contributed by atoms with Gasteiger partial charge in [0.1, 0.15) is 17.5 Å². The minimum absolute atomic E-state index is 0.368. The Bertz CT molecular complexity index is 563. The van der Waals surface area contributed by atoms with Crippen molar-refractivity contribution in [3.05, 3.63) is 29.3 Å². The van der Waals surface area contributed by atoms with Crippen molar-refractivity contribution < 1.29 is 9.84 Å². The first-order valence-electron chi connectivity index (χ1n) is 6.03. The van der Waals surface area contributed by atoms with Gasteiger partial charge in [0.25, 0.3) is 0 Å². The van der Waals surface area contributed by atoms with Crippen molar-refractivity contribution in [3.8, 4) is 11.8 Å². The Morgan fingerprint density at radius 1 is 1.53 bits per heavy atom. The molecule has 2 atom stereocenters. The van der Waals surface area contributed by atoms with Crippen LogP contribution in [-0.2, 0) is 0 Å². The number of nitrogens with one attached hydrogen (secondary N) is 1. The maximum atomic E-state index is 10.5.